The number of likely N-dealkylation sites (tertiary alicyclic amines) is 1. The van der Waals surface area contributed by atoms with Gasteiger partial charge in [-0.25, -0.2) is 0 Å². The summed E-state index contributed by atoms with van der Waals surface area (Å²) >= 11 is 0. The number of hydrogen-bond acceptors (Lipinski definition) is 3. The van der Waals surface area contributed by atoms with Gasteiger partial charge < -0.3 is 15.4 Å². The van der Waals surface area contributed by atoms with Crippen LogP contribution in [0.1, 0.15) is 51.5 Å². The minimum absolute atomic E-state index is 0.521. The van der Waals surface area contributed by atoms with Crippen molar-refractivity contribution in [3.05, 3.63) is 23.8 Å². The van der Waals surface area contributed by atoms with E-state index in [0.717, 1.165) is 24.5 Å². The third-order valence-electron chi connectivity index (χ3n) is 4.28. The number of nitrogens with zero attached hydrogens (tertiary/aromatic N) is 1. The van der Waals surface area contributed by atoms with Gasteiger partial charge in [0.15, 0.2) is 0 Å². The maximum absolute atomic E-state index is 6.11. The lowest BCUT2D eigenvalue weighted by atomic mass is 10.1. The summed E-state index contributed by atoms with van der Waals surface area (Å²) in [5, 5.41) is 0. The predicted octanol–water partition coefficient (Wildman–Crippen LogP) is 4.11. The fourth-order valence-electron chi connectivity index (χ4n) is 3.01. The highest BCUT2D eigenvalue weighted by atomic mass is 16.5. The molecule has 1 saturated heterocycles. The van der Waals surface area contributed by atoms with Crippen molar-refractivity contribution in [2.75, 3.05) is 32.0 Å². The summed E-state index contributed by atoms with van der Waals surface area (Å²) in [5.41, 5.74) is 8.20. The van der Waals surface area contributed by atoms with Crippen LogP contribution in [0.4, 0.5) is 5.69 Å². The molecular formula is C19H32N2O. The summed E-state index contributed by atoms with van der Waals surface area (Å²) in [6.07, 6.45) is 7.87. The molecule has 0 saturated carbocycles. The van der Waals surface area contributed by atoms with Gasteiger partial charge in [-0.3, -0.25) is 0 Å². The lowest BCUT2D eigenvalue weighted by Gasteiger charge is -2.19. The number of nitrogen functional groups attached to an aromatic ring is 1. The predicted molar refractivity (Wildman–Crippen MR) is 94.4 cm³/mol. The molecule has 0 spiro atoms. The molecule has 0 atom stereocenters. The van der Waals surface area contributed by atoms with E-state index in [9.17, 15) is 0 Å². The highest BCUT2D eigenvalue weighted by molar-refractivity contribution is 5.54. The second-order valence-electron chi connectivity index (χ2n) is 6.94. The monoisotopic (exact) mass is 304 g/mol. The number of anilines is 1. The lowest BCUT2D eigenvalue weighted by Crippen LogP contribution is -2.26. The molecular weight excluding hydrogens is 272 g/mol. The maximum atomic E-state index is 6.11. The van der Waals surface area contributed by atoms with Crippen LogP contribution in [-0.4, -0.2) is 31.1 Å². The Bertz CT molecular complexity index is 437. The first-order valence-corrected chi connectivity index (χ1v) is 8.88. The molecule has 1 aliphatic heterocycles. The van der Waals surface area contributed by atoms with E-state index in [1.54, 1.807) is 0 Å². The van der Waals surface area contributed by atoms with Crippen LogP contribution in [-0.2, 0) is 6.42 Å². The number of aryl methyl sites for hydroxylation is 1. The van der Waals surface area contributed by atoms with E-state index in [1.807, 2.05) is 6.07 Å². The zero-order chi connectivity index (χ0) is 15.8. The number of rotatable bonds is 7. The van der Waals surface area contributed by atoms with E-state index in [-0.39, 0.29) is 0 Å². The van der Waals surface area contributed by atoms with Crippen molar-refractivity contribution in [2.24, 2.45) is 5.92 Å². The van der Waals surface area contributed by atoms with Gasteiger partial charge in [0.25, 0.3) is 0 Å². The lowest BCUT2D eigenvalue weighted by molar-refractivity contribution is 0.272. The van der Waals surface area contributed by atoms with Gasteiger partial charge in [-0.15, -0.1) is 0 Å². The molecule has 0 bridgehead atoms. The summed E-state index contributed by atoms with van der Waals surface area (Å²) in [4.78, 5) is 2.62. The zero-order valence-electron chi connectivity index (χ0n) is 14.3. The van der Waals surface area contributed by atoms with E-state index in [2.05, 4.69) is 30.9 Å². The smallest absolute Gasteiger partial charge is 0.142 e. The Balaban J connectivity index is 1.76. The van der Waals surface area contributed by atoms with E-state index in [4.69, 9.17) is 10.5 Å². The van der Waals surface area contributed by atoms with Crippen molar-refractivity contribution in [2.45, 2.75) is 52.4 Å². The summed E-state index contributed by atoms with van der Waals surface area (Å²) in [5.74, 6) is 1.35. The Kier molecular flexibility index (Phi) is 7.04. The molecule has 3 nitrogen and oxygen atoms in total. The first kappa shape index (κ1) is 17.1. The topological polar surface area (TPSA) is 38.5 Å². The second kappa shape index (κ2) is 9.04. The highest BCUT2D eigenvalue weighted by Crippen LogP contribution is 2.24. The number of nitrogens with two attached hydrogens (primary N) is 1. The van der Waals surface area contributed by atoms with Crippen LogP contribution >= 0.6 is 0 Å². The quantitative estimate of drug-likeness (QED) is 0.770. The van der Waals surface area contributed by atoms with Gasteiger partial charge in [0.05, 0.1) is 12.3 Å². The molecule has 1 aliphatic rings. The van der Waals surface area contributed by atoms with E-state index < -0.39 is 0 Å². The summed E-state index contributed by atoms with van der Waals surface area (Å²) in [7, 11) is 0. The fourth-order valence-corrected chi connectivity index (χ4v) is 3.01. The first-order chi connectivity index (χ1) is 10.6. The van der Waals surface area contributed by atoms with Gasteiger partial charge in [0.2, 0.25) is 0 Å². The molecule has 124 valence electrons. The Hall–Kier alpha value is -1.22. The van der Waals surface area contributed by atoms with Crippen molar-refractivity contribution in [3.8, 4) is 5.75 Å². The van der Waals surface area contributed by atoms with Gasteiger partial charge in [-0.05, 0) is 68.9 Å². The molecule has 1 fully saturated rings. The SMILES string of the molecule is CC(C)COc1ccc(CCCN2CCCCCC2)cc1N. The van der Waals surface area contributed by atoms with Crippen LogP contribution in [0.25, 0.3) is 0 Å². The third-order valence-corrected chi connectivity index (χ3v) is 4.28. The van der Waals surface area contributed by atoms with Crippen LogP contribution in [0, 0.1) is 5.92 Å². The van der Waals surface area contributed by atoms with E-state index >= 15 is 0 Å². The van der Waals surface area contributed by atoms with Gasteiger partial charge in [0.1, 0.15) is 5.75 Å². The van der Waals surface area contributed by atoms with Crippen LogP contribution in [0.2, 0.25) is 0 Å². The molecule has 0 radical (unpaired) electrons. The van der Waals surface area contributed by atoms with Crippen LogP contribution < -0.4 is 10.5 Å². The second-order valence-corrected chi connectivity index (χ2v) is 6.94. The molecule has 2 N–H and O–H groups in total. The Morgan fingerprint density at radius 2 is 1.86 bits per heavy atom. The average Bonchev–Trinajstić information content (AvgIpc) is 2.75. The summed E-state index contributed by atoms with van der Waals surface area (Å²) in [6.45, 7) is 8.79. The fraction of sp³-hybridized carbons (Fsp3) is 0.684. The summed E-state index contributed by atoms with van der Waals surface area (Å²) < 4.78 is 5.73. The standard InChI is InChI=1S/C19H32N2O/c1-16(2)15-22-19-10-9-17(14-18(19)20)8-7-13-21-11-5-3-4-6-12-21/h9-10,14,16H,3-8,11-13,15,20H2,1-2H3. The summed E-state index contributed by atoms with van der Waals surface area (Å²) in [6, 6.07) is 6.27. The molecule has 0 unspecified atom stereocenters. The molecule has 1 aromatic carbocycles. The minimum Gasteiger partial charge on any atom is -0.491 e. The highest BCUT2D eigenvalue weighted by Gasteiger charge is 2.09. The number of hydrogen-bond donors (Lipinski definition) is 1. The molecule has 2 rings (SSSR count). The van der Waals surface area contributed by atoms with Gasteiger partial charge in [-0.1, -0.05) is 32.8 Å². The van der Waals surface area contributed by atoms with Gasteiger partial charge in [0, 0.05) is 0 Å². The molecule has 22 heavy (non-hydrogen) atoms. The van der Waals surface area contributed by atoms with E-state index in [0.29, 0.717) is 5.92 Å². The van der Waals surface area contributed by atoms with Crippen molar-refractivity contribution in [1.29, 1.82) is 0 Å². The molecule has 0 aromatic heterocycles. The van der Waals surface area contributed by atoms with Crippen molar-refractivity contribution in [3.63, 3.8) is 0 Å². The van der Waals surface area contributed by atoms with Crippen molar-refractivity contribution in [1.82, 2.24) is 4.90 Å². The van der Waals surface area contributed by atoms with Crippen molar-refractivity contribution >= 4 is 5.69 Å². The minimum atomic E-state index is 0.521. The van der Waals surface area contributed by atoms with Gasteiger partial charge >= 0.3 is 0 Å². The van der Waals surface area contributed by atoms with Crippen LogP contribution in [0.15, 0.2) is 18.2 Å². The first-order valence-electron chi connectivity index (χ1n) is 8.88. The Morgan fingerprint density at radius 3 is 2.50 bits per heavy atom. The molecule has 0 amide bonds. The Morgan fingerprint density at radius 1 is 1.14 bits per heavy atom. The molecule has 1 aromatic rings. The Labute approximate surface area is 135 Å². The zero-order valence-corrected chi connectivity index (χ0v) is 14.3. The van der Waals surface area contributed by atoms with Crippen molar-refractivity contribution < 1.29 is 4.74 Å². The maximum Gasteiger partial charge on any atom is 0.142 e. The molecule has 1 heterocycles. The van der Waals surface area contributed by atoms with Crippen LogP contribution in [0.3, 0.4) is 0 Å². The molecule has 0 aliphatic carbocycles. The molecule has 3 heteroatoms. The normalized spacial score (nSPS) is 16.7. The van der Waals surface area contributed by atoms with Crippen LogP contribution in [0.5, 0.6) is 5.75 Å². The number of ether oxygens (including phenoxy) is 1. The van der Waals surface area contributed by atoms with Gasteiger partial charge in [-0.2, -0.15) is 0 Å². The largest absolute Gasteiger partial charge is 0.491 e. The number of benzene rings is 1. The van der Waals surface area contributed by atoms with E-state index in [1.165, 1.54) is 57.3 Å². The average molecular weight is 304 g/mol. The third kappa shape index (κ3) is 5.88.